The summed E-state index contributed by atoms with van der Waals surface area (Å²) in [6.07, 6.45) is -3.39. The van der Waals surface area contributed by atoms with E-state index in [0.29, 0.717) is 25.5 Å². The van der Waals surface area contributed by atoms with E-state index in [1.165, 1.54) is 11.3 Å². The topological polar surface area (TPSA) is 73.8 Å². The van der Waals surface area contributed by atoms with Crippen LogP contribution in [0.5, 0.6) is 0 Å². The Hall–Kier alpha value is -3.38. The van der Waals surface area contributed by atoms with Gasteiger partial charge < -0.3 is 4.42 Å². The molecule has 36 heavy (non-hydrogen) atoms. The lowest BCUT2D eigenvalue weighted by Crippen LogP contribution is -2.24. The highest BCUT2D eigenvalue weighted by Crippen LogP contribution is 2.45. The summed E-state index contributed by atoms with van der Waals surface area (Å²) in [6, 6.07) is 6.93. The molecule has 0 amide bonds. The van der Waals surface area contributed by atoms with Crippen LogP contribution in [0.15, 0.2) is 39.5 Å². The van der Waals surface area contributed by atoms with Gasteiger partial charge in [-0.15, -0.1) is 21.5 Å². The average molecular weight is 539 g/mol. The first-order valence-corrected chi connectivity index (χ1v) is 11.8. The second kappa shape index (κ2) is 8.07. The Morgan fingerprint density at radius 1 is 1.11 bits per heavy atom. The van der Waals surface area contributed by atoms with Crippen LogP contribution in [0.4, 0.5) is 22.0 Å². The van der Waals surface area contributed by atoms with Crippen molar-refractivity contribution >= 4 is 43.2 Å². The van der Waals surface area contributed by atoms with E-state index in [4.69, 9.17) is 16.0 Å². The van der Waals surface area contributed by atoms with Crippen LogP contribution in [0.1, 0.15) is 36.1 Å². The first-order chi connectivity index (χ1) is 17.1. The zero-order valence-corrected chi connectivity index (χ0v) is 19.4. The number of halogens is 6. The molecule has 1 aliphatic rings. The van der Waals surface area contributed by atoms with E-state index in [0.717, 1.165) is 29.5 Å². The van der Waals surface area contributed by atoms with Gasteiger partial charge in [0.05, 0.1) is 5.39 Å². The Labute approximate surface area is 207 Å². The summed E-state index contributed by atoms with van der Waals surface area (Å²) >= 11 is 7.27. The van der Waals surface area contributed by atoms with E-state index in [-0.39, 0.29) is 22.7 Å². The molecular formula is C23H12ClF5N4O2S. The van der Waals surface area contributed by atoms with Crippen LogP contribution in [-0.2, 0) is 12.7 Å². The molecular weight excluding hydrogens is 527 g/mol. The SMILES string of the molecule is O=c1c2c(nc(-c3cc(F)c(F)cc3C3CC3)n1Cc1nnc(C(F)(F)F)o1)sc1cc(Cl)ccc12. The summed E-state index contributed by atoms with van der Waals surface area (Å²) in [4.78, 5) is 18.7. The smallest absolute Gasteiger partial charge is 0.415 e. The van der Waals surface area contributed by atoms with E-state index >= 15 is 0 Å². The van der Waals surface area contributed by atoms with E-state index in [1.54, 1.807) is 18.2 Å². The molecule has 13 heteroatoms. The molecule has 0 unspecified atom stereocenters. The van der Waals surface area contributed by atoms with E-state index in [9.17, 15) is 26.7 Å². The summed E-state index contributed by atoms with van der Waals surface area (Å²) in [6.45, 7) is -0.561. The number of alkyl halides is 3. The molecule has 0 atom stereocenters. The lowest BCUT2D eigenvalue weighted by molar-refractivity contribution is -0.157. The first kappa shape index (κ1) is 23.0. The Bertz CT molecular complexity index is 1740. The molecule has 0 spiro atoms. The molecule has 0 radical (unpaired) electrons. The Kier molecular flexibility index (Phi) is 5.16. The monoisotopic (exact) mass is 538 g/mol. The molecule has 0 aliphatic heterocycles. The van der Waals surface area contributed by atoms with Gasteiger partial charge in [0.1, 0.15) is 17.2 Å². The normalized spacial score (nSPS) is 14.3. The zero-order chi connectivity index (χ0) is 25.4. The number of nitrogens with zero attached hydrogens (tertiary/aromatic N) is 4. The number of fused-ring (bicyclic) bond motifs is 3. The van der Waals surface area contributed by atoms with Gasteiger partial charge in [-0.3, -0.25) is 9.36 Å². The van der Waals surface area contributed by atoms with Crippen LogP contribution in [0.25, 0.3) is 31.7 Å². The Morgan fingerprint density at radius 3 is 2.56 bits per heavy atom. The van der Waals surface area contributed by atoms with Crippen molar-refractivity contribution in [1.82, 2.24) is 19.7 Å². The third kappa shape index (κ3) is 3.84. The van der Waals surface area contributed by atoms with Gasteiger partial charge in [0.25, 0.3) is 5.56 Å². The van der Waals surface area contributed by atoms with Crippen LogP contribution < -0.4 is 5.56 Å². The summed E-state index contributed by atoms with van der Waals surface area (Å²) in [7, 11) is 0. The maximum atomic E-state index is 14.4. The van der Waals surface area contributed by atoms with Crippen LogP contribution >= 0.6 is 22.9 Å². The number of aromatic nitrogens is 4. The highest BCUT2D eigenvalue weighted by molar-refractivity contribution is 7.25. The van der Waals surface area contributed by atoms with Crippen molar-refractivity contribution in [2.45, 2.75) is 31.5 Å². The van der Waals surface area contributed by atoms with E-state index in [2.05, 4.69) is 15.2 Å². The Morgan fingerprint density at radius 2 is 1.86 bits per heavy atom. The van der Waals surface area contributed by atoms with Crippen LogP contribution in [0.2, 0.25) is 5.02 Å². The van der Waals surface area contributed by atoms with E-state index in [1.807, 2.05) is 0 Å². The molecule has 6 nitrogen and oxygen atoms in total. The van der Waals surface area contributed by atoms with Gasteiger partial charge in [-0.2, -0.15) is 13.2 Å². The predicted octanol–water partition coefficient (Wildman–Crippen LogP) is 6.54. The maximum Gasteiger partial charge on any atom is 0.470 e. The summed E-state index contributed by atoms with van der Waals surface area (Å²) in [5, 5.41) is 7.63. The molecule has 1 fully saturated rings. The summed E-state index contributed by atoms with van der Waals surface area (Å²) < 4.78 is 74.0. The van der Waals surface area contributed by atoms with Gasteiger partial charge in [-0.1, -0.05) is 17.7 Å². The van der Waals surface area contributed by atoms with Crippen molar-refractivity contribution in [1.29, 1.82) is 0 Å². The average Bonchev–Trinajstić information content (AvgIpc) is 3.42. The fourth-order valence-electron chi connectivity index (χ4n) is 4.14. The molecule has 0 saturated heterocycles. The Balaban J connectivity index is 1.64. The molecule has 1 aliphatic carbocycles. The molecule has 0 N–H and O–H groups in total. The second-order valence-corrected chi connectivity index (χ2v) is 9.84. The molecule has 2 aromatic carbocycles. The van der Waals surface area contributed by atoms with Gasteiger partial charge in [0, 0.05) is 20.7 Å². The largest absolute Gasteiger partial charge is 0.470 e. The lowest BCUT2D eigenvalue weighted by Gasteiger charge is -2.15. The standard InChI is InChI=1S/C23H12ClF5N4O2S/c24-10-3-4-11-16(5-10)36-20-18(11)21(34)33(8-17-31-32-22(35-17)23(27,28)29)19(30-20)13-7-15(26)14(25)6-12(13)9-1-2-9/h3-7,9H,1-2,8H2. The minimum atomic E-state index is -4.87. The zero-order valence-electron chi connectivity index (χ0n) is 17.9. The van der Waals surface area contributed by atoms with Crippen molar-refractivity contribution in [3.63, 3.8) is 0 Å². The minimum Gasteiger partial charge on any atom is -0.415 e. The van der Waals surface area contributed by atoms with Gasteiger partial charge in [-0.25, -0.2) is 13.8 Å². The van der Waals surface area contributed by atoms with Crippen LogP contribution in [0, 0.1) is 11.6 Å². The molecule has 3 heterocycles. The van der Waals surface area contributed by atoms with Gasteiger partial charge >= 0.3 is 12.1 Å². The summed E-state index contributed by atoms with van der Waals surface area (Å²) in [5.74, 6) is -4.35. The molecule has 6 rings (SSSR count). The summed E-state index contributed by atoms with van der Waals surface area (Å²) in [5.41, 5.74) is 0.0165. The highest BCUT2D eigenvalue weighted by Gasteiger charge is 2.38. The number of hydrogen-bond donors (Lipinski definition) is 0. The van der Waals surface area contributed by atoms with Gasteiger partial charge in [-0.05, 0) is 48.6 Å². The van der Waals surface area contributed by atoms with Crippen molar-refractivity contribution in [3.8, 4) is 11.4 Å². The van der Waals surface area contributed by atoms with Gasteiger partial charge in [0.2, 0.25) is 5.89 Å². The quantitative estimate of drug-likeness (QED) is 0.243. The highest BCUT2D eigenvalue weighted by atomic mass is 35.5. The fourth-order valence-corrected chi connectivity index (χ4v) is 5.48. The van der Waals surface area contributed by atoms with Crippen molar-refractivity contribution in [2.24, 2.45) is 0 Å². The molecule has 3 aromatic heterocycles. The second-order valence-electron chi connectivity index (χ2n) is 8.38. The number of benzene rings is 2. The van der Waals surface area contributed by atoms with Crippen molar-refractivity contribution in [3.05, 3.63) is 74.7 Å². The molecule has 184 valence electrons. The van der Waals surface area contributed by atoms with Crippen molar-refractivity contribution in [2.75, 3.05) is 0 Å². The van der Waals surface area contributed by atoms with Crippen molar-refractivity contribution < 1.29 is 26.4 Å². The predicted molar refractivity (Wildman–Crippen MR) is 122 cm³/mol. The fraction of sp³-hybridized carbons (Fsp3) is 0.217. The first-order valence-electron chi connectivity index (χ1n) is 10.6. The maximum absolute atomic E-state index is 14.4. The third-order valence-corrected chi connectivity index (χ3v) is 7.19. The minimum absolute atomic E-state index is 0.0438. The molecule has 0 bridgehead atoms. The van der Waals surface area contributed by atoms with Gasteiger partial charge in [0.15, 0.2) is 11.6 Å². The molecule has 5 aromatic rings. The number of hydrogen-bond acceptors (Lipinski definition) is 6. The number of rotatable bonds is 4. The third-order valence-electron chi connectivity index (χ3n) is 5.91. The van der Waals surface area contributed by atoms with E-state index < -0.39 is 41.7 Å². The lowest BCUT2D eigenvalue weighted by atomic mass is 10.0. The molecule has 1 saturated carbocycles. The van der Waals surface area contributed by atoms with Crippen LogP contribution in [-0.4, -0.2) is 19.7 Å². The van der Waals surface area contributed by atoms with Crippen LogP contribution in [0.3, 0.4) is 0 Å². The number of thiophene rings is 1.